The average Bonchev–Trinajstić information content (AvgIpc) is 2.76. The van der Waals surface area contributed by atoms with Crippen LogP contribution in [0.3, 0.4) is 0 Å². The fraction of sp³-hybridized carbons (Fsp3) is 0.364. The molecule has 0 fully saturated rings. The fourth-order valence-corrected chi connectivity index (χ4v) is 3.90. The molecule has 0 radical (unpaired) electrons. The number of fused-ring (bicyclic) bond motifs is 1. The Hall–Kier alpha value is -2.26. The third-order valence-electron chi connectivity index (χ3n) is 5.46. The molecule has 5 N–H and O–H groups in total. The molecule has 1 heterocycles. The lowest BCUT2D eigenvalue weighted by Gasteiger charge is -2.38. The van der Waals surface area contributed by atoms with Crippen molar-refractivity contribution in [1.82, 2.24) is 10.2 Å². The van der Waals surface area contributed by atoms with E-state index in [4.69, 9.17) is 5.73 Å². The van der Waals surface area contributed by atoms with Gasteiger partial charge in [0.1, 0.15) is 0 Å². The van der Waals surface area contributed by atoms with Crippen LogP contribution in [0.25, 0.3) is 0 Å². The Bertz CT molecular complexity index is 906. The van der Waals surface area contributed by atoms with Crippen LogP contribution in [0.5, 0.6) is 0 Å². The summed E-state index contributed by atoms with van der Waals surface area (Å²) in [5.74, 6) is -1.52. The van der Waals surface area contributed by atoms with Crippen LogP contribution in [0.1, 0.15) is 29.7 Å². The van der Waals surface area contributed by atoms with E-state index >= 15 is 0 Å². The van der Waals surface area contributed by atoms with Gasteiger partial charge in [0, 0.05) is 23.6 Å². The molecule has 8 heteroatoms. The van der Waals surface area contributed by atoms with Crippen LogP contribution < -0.4 is 11.1 Å². The molecule has 0 unspecified atom stereocenters. The molecule has 2 amide bonds. The molecule has 7 nitrogen and oxygen atoms in total. The highest BCUT2D eigenvalue weighted by molar-refractivity contribution is 9.10. The molecule has 0 bridgehead atoms. The van der Waals surface area contributed by atoms with Crippen LogP contribution in [0.2, 0.25) is 0 Å². The van der Waals surface area contributed by atoms with Gasteiger partial charge in [-0.15, -0.1) is 0 Å². The third-order valence-corrected chi connectivity index (χ3v) is 5.99. The van der Waals surface area contributed by atoms with E-state index in [1.54, 1.807) is 6.92 Å². The molecule has 3 rings (SSSR count). The summed E-state index contributed by atoms with van der Waals surface area (Å²) in [6, 6.07) is 14.4. The van der Waals surface area contributed by atoms with Crippen molar-refractivity contribution in [3.63, 3.8) is 0 Å². The molecule has 0 aliphatic carbocycles. The molecule has 0 saturated carbocycles. The van der Waals surface area contributed by atoms with Crippen LogP contribution in [0, 0.1) is 0 Å². The maximum absolute atomic E-state index is 12.9. The number of amides is 2. The van der Waals surface area contributed by atoms with Crippen LogP contribution in [-0.4, -0.2) is 51.7 Å². The van der Waals surface area contributed by atoms with Crippen molar-refractivity contribution < 1.29 is 19.8 Å². The Kier molecular flexibility index (Phi) is 7.25. The van der Waals surface area contributed by atoms with Gasteiger partial charge >= 0.3 is 0 Å². The first-order chi connectivity index (χ1) is 14.3. The standard InChI is InChI=1S/C22H26BrN3O4/c1-13(14-6-8-17(23)9-7-14)25-21(29)19(27)20(28)22(30)26-12-16-5-3-2-4-15(16)10-18(26)11-24/h2-9,13,18-20,27-28H,10-12,24H2,1H3,(H,25,29)/t13-,18+,19+,20+/m0/s1. The predicted octanol–water partition coefficient (Wildman–Crippen LogP) is 1.26. The Morgan fingerprint density at radius 1 is 1.13 bits per heavy atom. The van der Waals surface area contributed by atoms with E-state index in [0.717, 1.165) is 21.2 Å². The van der Waals surface area contributed by atoms with Crippen LogP contribution in [0.4, 0.5) is 0 Å². The molecule has 4 atom stereocenters. The van der Waals surface area contributed by atoms with Crippen molar-refractivity contribution in [2.75, 3.05) is 6.54 Å². The monoisotopic (exact) mass is 475 g/mol. The van der Waals surface area contributed by atoms with Gasteiger partial charge in [0.15, 0.2) is 12.2 Å². The second-order valence-corrected chi connectivity index (χ2v) is 8.42. The van der Waals surface area contributed by atoms with E-state index < -0.39 is 30.1 Å². The molecule has 2 aromatic carbocycles. The first-order valence-corrected chi connectivity index (χ1v) is 10.6. The predicted molar refractivity (Wildman–Crippen MR) is 116 cm³/mol. The van der Waals surface area contributed by atoms with E-state index in [-0.39, 0.29) is 19.1 Å². The first kappa shape index (κ1) is 22.4. The number of carbonyl (C=O) groups is 2. The minimum atomic E-state index is -1.88. The minimum absolute atomic E-state index is 0.218. The number of benzene rings is 2. The number of nitrogens with two attached hydrogens (primary N) is 1. The highest BCUT2D eigenvalue weighted by atomic mass is 79.9. The lowest BCUT2D eigenvalue weighted by Crippen LogP contribution is -2.56. The normalized spacial score (nSPS) is 18.8. The molecule has 160 valence electrons. The van der Waals surface area contributed by atoms with Gasteiger partial charge in [0.05, 0.1) is 6.04 Å². The van der Waals surface area contributed by atoms with Crippen LogP contribution in [0.15, 0.2) is 53.0 Å². The van der Waals surface area contributed by atoms with Gasteiger partial charge in [-0.1, -0.05) is 52.3 Å². The van der Waals surface area contributed by atoms with Gasteiger partial charge in [0.25, 0.3) is 11.8 Å². The smallest absolute Gasteiger partial charge is 0.255 e. The summed E-state index contributed by atoms with van der Waals surface area (Å²) in [6.45, 7) is 2.25. The topological polar surface area (TPSA) is 116 Å². The number of nitrogens with one attached hydrogen (secondary N) is 1. The van der Waals surface area contributed by atoms with Crippen LogP contribution >= 0.6 is 15.9 Å². The second kappa shape index (κ2) is 9.70. The Morgan fingerprint density at radius 3 is 2.40 bits per heavy atom. The molecule has 1 aliphatic heterocycles. The molecule has 1 aliphatic rings. The van der Waals surface area contributed by atoms with E-state index in [1.807, 2.05) is 48.5 Å². The summed E-state index contributed by atoms with van der Waals surface area (Å²) < 4.78 is 0.906. The molecular formula is C22H26BrN3O4. The lowest BCUT2D eigenvalue weighted by molar-refractivity contribution is -0.155. The number of hydrogen-bond acceptors (Lipinski definition) is 5. The SMILES string of the molecule is C[C@H](NC(=O)[C@H](O)[C@@H](O)C(=O)N1Cc2ccccc2C[C@@H]1CN)c1ccc(Br)cc1. The van der Waals surface area contributed by atoms with Crippen molar-refractivity contribution in [2.45, 2.75) is 44.2 Å². The number of hydrogen-bond donors (Lipinski definition) is 4. The fourth-order valence-electron chi connectivity index (χ4n) is 3.64. The number of aliphatic hydroxyl groups excluding tert-OH is 2. The van der Waals surface area contributed by atoms with Crippen molar-refractivity contribution >= 4 is 27.7 Å². The van der Waals surface area contributed by atoms with Crippen molar-refractivity contribution in [2.24, 2.45) is 5.73 Å². The summed E-state index contributed by atoms with van der Waals surface area (Å²) in [7, 11) is 0. The number of halogens is 1. The zero-order valence-electron chi connectivity index (χ0n) is 16.7. The Labute approximate surface area is 184 Å². The van der Waals surface area contributed by atoms with Crippen molar-refractivity contribution in [3.8, 4) is 0 Å². The zero-order valence-corrected chi connectivity index (χ0v) is 18.2. The molecule has 30 heavy (non-hydrogen) atoms. The van der Waals surface area contributed by atoms with E-state index in [1.165, 1.54) is 4.90 Å². The number of nitrogens with zero attached hydrogens (tertiary/aromatic N) is 1. The molecule has 2 aromatic rings. The summed E-state index contributed by atoms with van der Waals surface area (Å²) >= 11 is 3.35. The molecule has 0 aromatic heterocycles. The maximum Gasteiger partial charge on any atom is 0.255 e. The van der Waals surface area contributed by atoms with Gasteiger partial charge in [-0.25, -0.2) is 0 Å². The highest BCUT2D eigenvalue weighted by Crippen LogP contribution is 2.24. The van der Waals surface area contributed by atoms with Crippen molar-refractivity contribution in [3.05, 3.63) is 69.7 Å². The summed E-state index contributed by atoms with van der Waals surface area (Å²) in [5, 5.41) is 23.4. The van der Waals surface area contributed by atoms with Gasteiger partial charge in [-0.2, -0.15) is 0 Å². The number of aliphatic hydroxyl groups is 2. The maximum atomic E-state index is 12.9. The molecule has 0 spiro atoms. The zero-order chi connectivity index (χ0) is 21.8. The summed E-state index contributed by atoms with van der Waals surface area (Å²) in [6.07, 6.45) is -3.19. The van der Waals surface area contributed by atoms with E-state index in [0.29, 0.717) is 6.42 Å². The Morgan fingerprint density at radius 2 is 1.77 bits per heavy atom. The number of carbonyl (C=O) groups excluding carboxylic acids is 2. The van der Waals surface area contributed by atoms with E-state index in [9.17, 15) is 19.8 Å². The van der Waals surface area contributed by atoms with Gasteiger partial charge in [-0.3, -0.25) is 9.59 Å². The average molecular weight is 476 g/mol. The highest BCUT2D eigenvalue weighted by Gasteiger charge is 2.38. The third kappa shape index (κ3) is 4.89. The van der Waals surface area contributed by atoms with Crippen LogP contribution in [-0.2, 0) is 22.6 Å². The Balaban J connectivity index is 1.67. The van der Waals surface area contributed by atoms with Gasteiger partial charge in [-0.05, 0) is 42.2 Å². The quantitative estimate of drug-likeness (QED) is 0.501. The largest absolute Gasteiger partial charge is 0.380 e. The van der Waals surface area contributed by atoms with Gasteiger partial charge < -0.3 is 26.2 Å². The first-order valence-electron chi connectivity index (χ1n) is 9.81. The second-order valence-electron chi connectivity index (χ2n) is 7.50. The molecular weight excluding hydrogens is 450 g/mol. The minimum Gasteiger partial charge on any atom is -0.380 e. The summed E-state index contributed by atoms with van der Waals surface area (Å²) in [5.41, 5.74) is 8.74. The number of rotatable bonds is 6. The molecule has 0 saturated heterocycles. The van der Waals surface area contributed by atoms with Crippen molar-refractivity contribution in [1.29, 1.82) is 0 Å². The summed E-state index contributed by atoms with van der Waals surface area (Å²) in [4.78, 5) is 26.8. The van der Waals surface area contributed by atoms with E-state index in [2.05, 4.69) is 21.2 Å². The van der Waals surface area contributed by atoms with Gasteiger partial charge in [0.2, 0.25) is 0 Å². The lowest BCUT2D eigenvalue weighted by atomic mass is 9.93.